The maximum atomic E-state index is 3.77. The first-order valence-electron chi connectivity index (χ1n) is 7.55. The van der Waals surface area contributed by atoms with Crippen molar-refractivity contribution in [2.45, 2.75) is 43.9 Å². The molecule has 2 saturated heterocycles. The number of benzene rings is 1. The van der Waals surface area contributed by atoms with Gasteiger partial charge in [-0.3, -0.25) is 0 Å². The van der Waals surface area contributed by atoms with Gasteiger partial charge in [-0.25, -0.2) is 0 Å². The van der Waals surface area contributed by atoms with Crippen LogP contribution in [0.2, 0.25) is 0 Å². The summed E-state index contributed by atoms with van der Waals surface area (Å²) in [7, 11) is 0. The molecule has 2 fully saturated rings. The van der Waals surface area contributed by atoms with E-state index in [0.29, 0.717) is 6.04 Å². The zero-order valence-corrected chi connectivity index (χ0v) is 12.6. The molecular weight excluding hydrogens is 252 g/mol. The molecule has 2 aliphatic heterocycles. The smallest absolute Gasteiger partial charge is 0.0602 e. The van der Waals surface area contributed by atoms with Crippen LogP contribution in [0, 0.1) is 0 Å². The Morgan fingerprint density at radius 3 is 2.68 bits per heavy atom. The lowest BCUT2D eigenvalue weighted by Crippen LogP contribution is -2.31. The number of hydrogen-bond acceptors (Lipinski definition) is 3. The number of piperidine rings is 1. The van der Waals surface area contributed by atoms with Crippen LogP contribution in [-0.4, -0.2) is 30.1 Å². The van der Waals surface area contributed by atoms with Gasteiger partial charge in [0.25, 0.3) is 0 Å². The molecule has 1 aromatic rings. The fourth-order valence-corrected chi connectivity index (χ4v) is 4.29. The molecule has 2 unspecified atom stereocenters. The van der Waals surface area contributed by atoms with Crippen LogP contribution in [0.25, 0.3) is 0 Å². The molecule has 3 rings (SSSR count). The molecule has 2 nitrogen and oxygen atoms in total. The van der Waals surface area contributed by atoms with Crippen molar-refractivity contribution in [3.8, 4) is 0 Å². The lowest BCUT2D eigenvalue weighted by Gasteiger charge is -2.31. The largest absolute Gasteiger partial charge is 0.380 e. The van der Waals surface area contributed by atoms with Crippen LogP contribution in [0.15, 0.2) is 24.3 Å². The highest BCUT2D eigenvalue weighted by Gasteiger charge is 2.23. The third-order valence-electron chi connectivity index (χ3n) is 4.16. The number of rotatable bonds is 3. The molecule has 0 saturated carbocycles. The first-order valence-corrected chi connectivity index (χ1v) is 8.60. The van der Waals surface area contributed by atoms with Crippen molar-refractivity contribution in [2.75, 3.05) is 29.1 Å². The highest BCUT2D eigenvalue weighted by atomic mass is 32.2. The van der Waals surface area contributed by atoms with E-state index in [2.05, 4.69) is 53.2 Å². The van der Waals surface area contributed by atoms with Crippen molar-refractivity contribution in [1.82, 2.24) is 0 Å². The first kappa shape index (κ1) is 13.2. The van der Waals surface area contributed by atoms with Gasteiger partial charge >= 0.3 is 0 Å². The van der Waals surface area contributed by atoms with E-state index < -0.39 is 0 Å². The first-order chi connectivity index (χ1) is 9.33. The molecule has 1 N–H and O–H groups in total. The highest BCUT2D eigenvalue weighted by Crippen LogP contribution is 2.33. The summed E-state index contributed by atoms with van der Waals surface area (Å²) in [5, 5.41) is 4.58. The van der Waals surface area contributed by atoms with Crippen LogP contribution in [-0.2, 0) is 0 Å². The Labute approximate surface area is 121 Å². The minimum atomic E-state index is 0.644. The van der Waals surface area contributed by atoms with Crippen molar-refractivity contribution in [1.29, 1.82) is 0 Å². The van der Waals surface area contributed by atoms with Gasteiger partial charge in [-0.1, -0.05) is 19.1 Å². The Hall–Kier alpha value is -0.830. The fraction of sp³-hybridized carbons (Fsp3) is 0.625. The molecule has 2 atom stereocenters. The standard InChI is InChI=1S/C16H24N2S/c1-13-11-14(12-19-13)17-15-7-3-4-8-16(15)18-9-5-2-6-10-18/h3-4,7-8,13-14,17H,2,5-6,9-12H2,1H3. The summed E-state index contributed by atoms with van der Waals surface area (Å²) in [4.78, 5) is 2.55. The second kappa shape index (κ2) is 6.08. The van der Waals surface area contributed by atoms with Gasteiger partial charge in [0, 0.05) is 30.1 Å². The van der Waals surface area contributed by atoms with Gasteiger partial charge < -0.3 is 10.2 Å². The van der Waals surface area contributed by atoms with Crippen LogP contribution >= 0.6 is 11.8 Å². The fourth-order valence-electron chi connectivity index (χ4n) is 3.14. The Kier molecular flexibility index (Phi) is 4.21. The van der Waals surface area contributed by atoms with Crippen molar-refractivity contribution in [3.63, 3.8) is 0 Å². The Balaban J connectivity index is 1.73. The Morgan fingerprint density at radius 2 is 1.95 bits per heavy atom. The molecule has 0 radical (unpaired) electrons. The summed E-state index contributed by atoms with van der Waals surface area (Å²) in [5.41, 5.74) is 2.75. The number of anilines is 2. The van der Waals surface area contributed by atoms with E-state index in [1.807, 2.05) is 0 Å². The Morgan fingerprint density at radius 1 is 1.16 bits per heavy atom. The van der Waals surface area contributed by atoms with E-state index in [-0.39, 0.29) is 0 Å². The highest BCUT2D eigenvalue weighted by molar-refractivity contribution is 8.00. The zero-order chi connectivity index (χ0) is 13.1. The van der Waals surface area contributed by atoms with Crippen LogP contribution in [0.4, 0.5) is 11.4 Å². The maximum Gasteiger partial charge on any atom is 0.0602 e. The lowest BCUT2D eigenvalue weighted by atomic mass is 10.1. The summed E-state index contributed by atoms with van der Waals surface area (Å²) in [6, 6.07) is 9.49. The average Bonchev–Trinajstić information content (AvgIpc) is 2.86. The van der Waals surface area contributed by atoms with Crippen LogP contribution < -0.4 is 10.2 Å². The zero-order valence-electron chi connectivity index (χ0n) is 11.8. The number of nitrogens with zero attached hydrogens (tertiary/aromatic N) is 1. The molecular formula is C16H24N2S. The average molecular weight is 276 g/mol. The molecule has 0 spiro atoms. The molecule has 104 valence electrons. The van der Waals surface area contributed by atoms with E-state index in [0.717, 1.165) is 5.25 Å². The van der Waals surface area contributed by atoms with Crippen LogP contribution in [0.3, 0.4) is 0 Å². The van der Waals surface area contributed by atoms with Gasteiger partial charge in [0.1, 0.15) is 0 Å². The molecule has 19 heavy (non-hydrogen) atoms. The van der Waals surface area contributed by atoms with Gasteiger partial charge in [-0.15, -0.1) is 0 Å². The number of nitrogens with one attached hydrogen (secondary N) is 1. The van der Waals surface area contributed by atoms with E-state index in [9.17, 15) is 0 Å². The molecule has 0 amide bonds. The van der Waals surface area contributed by atoms with Gasteiger partial charge in [0.2, 0.25) is 0 Å². The topological polar surface area (TPSA) is 15.3 Å². The predicted octanol–water partition coefficient (Wildman–Crippen LogP) is 3.98. The quantitative estimate of drug-likeness (QED) is 0.899. The maximum absolute atomic E-state index is 3.77. The van der Waals surface area contributed by atoms with Crippen LogP contribution in [0.5, 0.6) is 0 Å². The van der Waals surface area contributed by atoms with E-state index in [1.54, 1.807) is 0 Å². The van der Waals surface area contributed by atoms with Crippen molar-refractivity contribution in [2.24, 2.45) is 0 Å². The van der Waals surface area contributed by atoms with E-state index >= 15 is 0 Å². The summed E-state index contributed by atoms with van der Waals surface area (Å²) < 4.78 is 0. The summed E-state index contributed by atoms with van der Waals surface area (Å²) in [5.74, 6) is 1.25. The monoisotopic (exact) mass is 276 g/mol. The molecule has 1 aromatic carbocycles. The SMILES string of the molecule is CC1CC(Nc2ccccc2N2CCCCC2)CS1. The number of thioether (sulfide) groups is 1. The van der Waals surface area contributed by atoms with Gasteiger partial charge in [0.05, 0.1) is 11.4 Å². The minimum absolute atomic E-state index is 0.644. The van der Waals surface area contributed by atoms with Crippen molar-refractivity contribution >= 4 is 23.1 Å². The minimum Gasteiger partial charge on any atom is -0.380 e. The molecule has 2 heterocycles. The number of para-hydroxylation sites is 2. The molecule has 0 aromatic heterocycles. The van der Waals surface area contributed by atoms with Gasteiger partial charge in [-0.05, 0) is 37.8 Å². The van der Waals surface area contributed by atoms with Crippen molar-refractivity contribution < 1.29 is 0 Å². The predicted molar refractivity (Wildman–Crippen MR) is 86.5 cm³/mol. The molecule has 0 aliphatic carbocycles. The number of hydrogen-bond donors (Lipinski definition) is 1. The Bertz CT molecular complexity index is 415. The summed E-state index contributed by atoms with van der Waals surface area (Å²) >= 11 is 2.09. The van der Waals surface area contributed by atoms with Crippen LogP contribution in [0.1, 0.15) is 32.6 Å². The normalized spacial score (nSPS) is 27.5. The molecule has 0 bridgehead atoms. The third kappa shape index (κ3) is 3.19. The second-order valence-electron chi connectivity index (χ2n) is 5.79. The van der Waals surface area contributed by atoms with Gasteiger partial charge in [-0.2, -0.15) is 11.8 Å². The lowest BCUT2D eigenvalue weighted by molar-refractivity contribution is 0.578. The van der Waals surface area contributed by atoms with E-state index in [4.69, 9.17) is 0 Å². The van der Waals surface area contributed by atoms with Gasteiger partial charge in [0.15, 0.2) is 0 Å². The summed E-state index contributed by atoms with van der Waals surface area (Å²) in [6.45, 7) is 4.77. The second-order valence-corrected chi connectivity index (χ2v) is 7.26. The third-order valence-corrected chi connectivity index (χ3v) is 5.52. The van der Waals surface area contributed by atoms with E-state index in [1.165, 1.54) is 55.9 Å². The summed E-state index contributed by atoms with van der Waals surface area (Å²) in [6.07, 6.45) is 5.36. The molecule has 3 heteroatoms. The molecule has 2 aliphatic rings. The van der Waals surface area contributed by atoms with Crippen molar-refractivity contribution in [3.05, 3.63) is 24.3 Å².